The number of nitrogens with two attached hydrogens (primary N) is 1. The predicted octanol–water partition coefficient (Wildman–Crippen LogP) is 2.50. The van der Waals surface area contributed by atoms with Gasteiger partial charge < -0.3 is 10.6 Å². The van der Waals surface area contributed by atoms with Gasteiger partial charge in [-0.1, -0.05) is 6.07 Å². The zero-order valence-electron chi connectivity index (χ0n) is 11.3. The monoisotopic (exact) mass is 297 g/mol. The average molecular weight is 297 g/mol. The van der Waals surface area contributed by atoms with Gasteiger partial charge in [0.2, 0.25) is 5.95 Å². The number of aromatic nitrogens is 3. The maximum atomic E-state index is 12.8. The molecule has 8 heteroatoms. The Kier molecular flexibility index (Phi) is 4.25. The number of hydrogen-bond acceptors (Lipinski definition) is 5. The van der Waals surface area contributed by atoms with Crippen LogP contribution in [0.3, 0.4) is 0 Å². The lowest BCUT2D eigenvalue weighted by Gasteiger charge is -2.22. The van der Waals surface area contributed by atoms with Crippen LogP contribution in [0.25, 0.3) is 0 Å². The highest BCUT2D eigenvalue weighted by atomic mass is 19.4. The van der Waals surface area contributed by atoms with Gasteiger partial charge in [0, 0.05) is 18.8 Å². The molecule has 2 aromatic rings. The molecule has 0 aliphatic rings. The lowest BCUT2D eigenvalue weighted by molar-refractivity contribution is -0.141. The summed E-state index contributed by atoms with van der Waals surface area (Å²) in [6, 6.07) is 6.26. The summed E-state index contributed by atoms with van der Waals surface area (Å²) in [5, 5.41) is 0. The van der Waals surface area contributed by atoms with Crippen LogP contribution < -0.4 is 10.6 Å². The van der Waals surface area contributed by atoms with E-state index in [4.69, 9.17) is 5.73 Å². The molecule has 0 amide bonds. The molecule has 21 heavy (non-hydrogen) atoms. The zero-order valence-corrected chi connectivity index (χ0v) is 11.3. The second-order valence-corrected chi connectivity index (χ2v) is 4.30. The summed E-state index contributed by atoms with van der Waals surface area (Å²) in [7, 11) is 0. The van der Waals surface area contributed by atoms with Crippen LogP contribution in [-0.2, 0) is 12.7 Å². The van der Waals surface area contributed by atoms with Gasteiger partial charge in [-0.25, -0.2) is 4.98 Å². The molecule has 5 nitrogen and oxygen atoms in total. The standard InChI is InChI=1S/C13H14F3N5/c1-2-21(8-9-5-3-4-6-18-9)11-7-10(13(14,15)16)19-12(17)20-11/h3-7H,2,8H2,1H3,(H2,17,19,20). The topological polar surface area (TPSA) is 67.9 Å². The Bertz CT molecular complexity index is 601. The van der Waals surface area contributed by atoms with E-state index in [1.54, 1.807) is 23.2 Å². The van der Waals surface area contributed by atoms with Crippen molar-refractivity contribution in [3.8, 4) is 0 Å². The summed E-state index contributed by atoms with van der Waals surface area (Å²) in [6.45, 7) is 2.61. The molecule has 2 N–H and O–H groups in total. The highest BCUT2D eigenvalue weighted by molar-refractivity contribution is 5.44. The predicted molar refractivity (Wildman–Crippen MR) is 72.4 cm³/mol. The summed E-state index contributed by atoms with van der Waals surface area (Å²) < 4.78 is 38.3. The molecule has 0 fully saturated rings. The fourth-order valence-electron chi connectivity index (χ4n) is 1.80. The first-order valence-electron chi connectivity index (χ1n) is 6.26. The summed E-state index contributed by atoms with van der Waals surface area (Å²) in [4.78, 5) is 12.9. The maximum Gasteiger partial charge on any atom is 0.433 e. The zero-order chi connectivity index (χ0) is 15.5. The van der Waals surface area contributed by atoms with Gasteiger partial charge in [0.05, 0.1) is 12.2 Å². The lowest BCUT2D eigenvalue weighted by atomic mass is 10.3. The average Bonchev–Trinajstić information content (AvgIpc) is 2.44. The fraction of sp³-hybridized carbons (Fsp3) is 0.308. The van der Waals surface area contributed by atoms with Crippen LogP contribution in [-0.4, -0.2) is 21.5 Å². The molecular formula is C13H14F3N5. The summed E-state index contributed by atoms with van der Waals surface area (Å²) in [6.07, 6.45) is -2.94. The number of alkyl halides is 3. The third kappa shape index (κ3) is 3.80. The Labute approximate surface area is 119 Å². The van der Waals surface area contributed by atoms with Gasteiger partial charge >= 0.3 is 6.18 Å². The van der Waals surface area contributed by atoms with Gasteiger partial charge in [0.15, 0.2) is 5.69 Å². The van der Waals surface area contributed by atoms with Crippen molar-refractivity contribution in [2.45, 2.75) is 19.6 Å². The lowest BCUT2D eigenvalue weighted by Crippen LogP contribution is -2.25. The van der Waals surface area contributed by atoms with Gasteiger partial charge in [-0.05, 0) is 19.1 Å². The van der Waals surface area contributed by atoms with E-state index in [0.29, 0.717) is 13.1 Å². The first-order chi connectivity index (χ1) is 9.90. The number of rotatable bonds is 4. The van der Waals surface area contributed by atoms with Crippen molar-refractivity contribution in [1.29, 1.82) is 0 Å². The van der Waals surface area contributed by atoms with Crippen molar-refractivity contribution in [3.05, 3.63) is 41.9 Å². The van der Waals surface area contributed by atoms with Crippen LogP contribution in [0.2, 0.25) is 0 Å². The summed E-state index contributed by atoms with van der Waals surface area (Å²) in [5.74, 6) is -0.276. The van der Waals surface area contributed by atoms with Crippen LogP contribution in [0, 0.1) is 0 Å². The molecule has 0 saturated heterocycles. The second kappa shape index (κ2) is 5.94. The molecule has 0 bridgehead atoms. The number of nitrogen functional groups attached to an aromatic ring is 1. The molecule has 0 radical (unpaired) electrons. The van der Waals surface area contributed by atoms with Gasteiger partial charge in [0.1, 0.15) is 5.82 Å². The molecule has 2 rings (SSSR count). The highest BCUT2D eigenvalue weighted by Gasteiger charge is 2.34. The Balaban J connectivity index is 2.32. The number of pyridine rings is 1. The Hall–Kier alpha value is -2.38. The van der Waals surface area contributed by atoms with Crippen molar-refractivity contribution in [1.82, 2.24) is 15.0 Å². The molecule has 0 unspecified atom stereocenters. The highest BCUT2D eigenvalue weighted by Crippen LogP contribution is 2.30. The SMILES string of the molecule is CCN(Cc1ccccn1)c1cc(C(F)(F)F)nc(N)n1. The third-order valence-electron chi connectivity index (χ3n) is 2.81. The molecule has 0 saturated carbocycles. The van der Waals surface area contributed by atoms with Crippen molar-refractivity contribution in [2.24, 2.45) is 0 Å². The molecule has 112 valence electrons. The number of nitrogens with zero attached hydrogens (tertiary/aromatic N) is 4. The van der Waals surface area contributed by atoms with E-state index in [1.165, 1.54) is 0 Å². The molecule has 0 aliphatic carbocycles. The minimum atomic E-state index is -4.56. The molecule has 0 atom stereocenters. The number of hydrogen-bond donors (Lipinski definition) is 1. The normalized spacial score (nSPS) is 11.4. The van der Waals surface area contributed by atoms with E-state index >= 15 is 0 Å². The molecular weight excluding hydrogens is 283 g/mol. The Morgan fingerprint density at radius 2 is 2.00 bits per heavy atom. The van der Waals surface area contributed by atoms with Gasteiger partial charge in [-0.3, -0.25) is 4.98 Å². The fourth-order valence-corrected chi connectivity index (χ4v) is 1.80. The van der Waals surface area contributed by atoms with E-state index < -0.39 is 17.8 Å². The Morgan fingerprint density at radius 3 is 2.57 bits per heavy atom. The van der Waals surface area contributed by atoms with Gasteiger partial charge in [-0.2, -0.15) is 18.2 Å². The largest absolute Gasteiger partial charge is 0.433 e. The van der Waals surface area contributed by atoms with Crippen molar-refractivity contribution >= 4 is 11.8 Å². The molecule has 2 heterocycles. The number of anilines is 2. The van der Waals surface area contributed by atoms with Crippen LogP contribution in [0.1, 0.15) is 18.3 Å². The second-order valence-electron chi connectivity index (χ2n) is 4.30. The minimum absolute atomic E-state index is 0.128. The van der Waals surface area contributed by atoms with Crippen molar-refractivity contribution in [3.63, 3.8) is 0 Å². The van der Waals surface area contributed by atoms with E-state index in [-0.39, 0.29) is 5.82 Å². The molecule has 2 aromatic heterocycles. The van der Waals surface area contributed by atoms with E-state index in [0.717, 1.165) is 11.8 Å². The van der Waals surface area contributed by atoms with Gasteiger partial charge in [0.25, 0.3) is 0 Å². The molecule has 0 aliphatic heterocycles. The quantitative estimate of drug-likeness (QED) is 0.939. The van der Waals surface area contributed by atoms with Crippen LogP contribution >= 0.6 is 0 Å². The summed E-state index contributed by atoms with van der Waals surface area (Å²) in [5.41, 5.74) is 5.05. The van der Waals surface area contributed by atoms with E-state index in [1.807, 2.05) is 13.0 Å². The first kappa shape index (κ1) is 15.0. The Morgan fingerprint density at radius 1 is 1.24 bits per heavy atom. The maximum absolute atomic E-state index is 12.8. The van der Waals surface area contributed by atoms with E-state index in [9.17, 15) is 13.2 Å². The molecule has 0 aromatic carbocycles. The van der Waals surface area contributed by atoms with Crippen LogP contribution in [0.4, 0.5) is 24.9 Å². The van der Waals surface area contributed by atoms with Crippen molar-refractivity contribution in [2.75, 3.05) is 17.2 Å². The van der Waals surface area contributed by atoms with Gasteiger partial charge in [-0.15, -0.1) is 0 Å². The first-order valence-corrected chi connectivity index (χ1v) is 6.26. The van der Waals surface area contributed by atoms with Crippen LogP contribution in [0.5, 0.6) is 0 Å². The smallest absolute Gasteiger partial charge is 0.368 e. The van der Waals surface area contributed by atoms with E-state index in [2.05, 4.69) is 15.0 Å². The minimum Gasteiger partial charge on any atom is -0.368 e. The molecule has 0 spiro atoms. The summed E-state index contributed by atoms with van der Waals surface area (Å²) >= 11 is 0. The third-order valence-corrected chi connectivity index (χ3v) is 2.81. The number of halogens is 3. The van der Waals surface area contributed by atoms with Crippen LogP contribution in [0.15, 0.2) is 30.5 Å². The van der Waals surface area contributed by atoms with Crippen molar-refractivity contribution < 1.29 is 13.2 Å².